The van der Waals surface area contributed by atoms with Crippen LogP contribution < -0.4 is 0 Å². The largest absolute Gasteiger partial charge is 0.327 e. The summed E-state index contributed by atoms with van der Waals surface area (Å²) in [6.45, 7) is 6.85. The van der Waals surface area contributed by atoms with E-state index in [9.17, 15) is 4.79 Å². The number of carbonyl (C=O) groups is 1. The fourth-order valence-corrected chi connectivity index (χ4v) is 4.25. The van der Waals surface area contributed by atoms with Gasteiger partial charge < -0.3 is 4.57 Å². The molecule has 3 aromatic rings. The molecule has 0 atom stereocenters. The first kappa shape index (κ1) is 18.0. The van der Waals surface area contributed by atoms with Crippen molar-refractivity contribution < 1.29 is 4.79 Å². The van der Waals surface area contributed by atoms with Gasteiger partial charge in [-0.15, -0.1) is 0 Å². The fraction of sp³-hybridized carbons (Fsp3) is 0.318. The number of hydrogen-bond acceptors (Lipinski definition) is 4. The molecule has 0 N–H and O–H groups in total. The van der Waals surface area contributed by atoms with Crippen molar-refractivity contribution in [1.82, 2.24) is 14.5 Å². The normalized spacial score (nSPS) is 13.6. The van der Waals surface area contributed by atoms with Crippen LogP contribution in [0.4, 0.5) is 0 Å². The average molecular weight is 378 g/mol. The fourth-order valence-electron chi connectivity index (χ4n) is 3.32. The molecule has 1 aliphatic rings. The highest BCUT2D eigenvalue weighted by Crippen LogP contribution is 2.41. The molecule has 27 heavy (non-hydrogen) atoms. The minimum absolute atomic E-state index is 0.159. The van der Waals surface area contributed by atoms with E-state index < -0.39 is 0 Å². The van der Waals surface area contributed by atoms with E-state index in [0.717, 1.165) is 52.6 Å². The molecule has 4 nitrogen and oxygen atoms in total. The van der Waals surface area contributed by atoms with Crippen LogP contribution in [0.1, 0.15) is 33.0 Å². The van der Waals surface area contributed by atoms with Gasteiger partial charge in [0, 0.05) is 46.8 Å². The summed E-state index contributed by atoms with van der Waals surface area (Å²) in [5.41, 5.74) is 3.83. The summed E-state index contributed by atoms with van der Waals surface area (Å²) in [6, 6.07) is 12.1. The molecule has 4 rings (SSSR count). The second-order valence-electron chi connectivity index (χ2n) is 7.85. The van der Waals surface area contributed by atoms with E-state index in [-0.39, 0.29) is 10.5 Å². The Balaban J connectivity index is 1.85. The van der Waals surface area contributed by atoms with Crippen molar-refractivity contribution >= 4 is 16.9 Å². The number of carbonyl (C=O) groups excluding carboxylic acids is 1. The van der Waals surface area contributed by atoms with E-state index in [0.29, 0.717) is 0 Å². The van der Waals surface area contributed by atoms with Crippen molar-refractivity contribution in [3.8, 4) is 22.5 Å². The number of benzene rings is 1. The predicted octanol–water partition coefficient (Wildman–Crippen LogP) is 5.22. The number of imidazole rings is 1. The van der Waals surface area contributed by atoms with Crippen LogP contribution in [-0.4, -0.2) is 19.7 Å². The second kappa shape index (κ2) is 6.97. The number of nitrogens with zero attached hydrogens (tertiary/aromatic N) is 3. The standard InChI is InChI=1S/C22H23N3OS/c1-22(2,3)21(26)27-17-8-5-4-7-16(17)19-20(15-10-12-23-13-11-15)25-14-6-9-18(25)24-19/h4-5,7-8,10-13H,6,9,14H2,1-3H3. The third-order valence-corrected chi connectivity index (χ3v) is 6.11. The summed E-state index contributed by atoms with van der Waals surface area (Å²) in [5, 5.41) is 0.159. The second-order valence-corrected chi connectivity index (χ2v) is 8.87. The number of aryl methyl sites for hydroxylation is 1. The average Bonchev–Trinajstić information content (AvgIpc) is 3.23. The van der Waals surface area contributed by atoms with Gasteiger partial charge in [-0.1, -0.05) is 50.7 Å². The quantitative estimate of drug-likeness (QED) is 0.587. The lowest BCUT2D eigenvalue weighted by molar-refractivity contribution is -0.117. The van der Waals surface area contributed by atoms with Gasteiger partial charge in [-0.3, -0.25) is 9.78 Å². The Morgan fingerprint density at radius 2 is 1.85 bits per heavy atom. The molecule has 1 aromatic carbocycles. The Morgan fingerprint density at radius 1 is 1.11 bits per heavy atom. The van der Waals surface area contributed by atoms with Gasteiger partial charge in [0.25, 0.3) is 0 Å². The summed E-state index contributed by atoms with van der Waals surface area (Å²) >= 11 is 1.32. The Kier molecular flexibility index (Phi) is 4.64. The number of fused-ring (bicyclic) bond motifs is 1. The van der Waals surface area contributed by atoms with Crippen molar-refractivity contribution in [2.75, 3.05) is 0 Å². The smallest absolute Gasteiger partial charge is 0.199 e. The van der Waals surface area contributed by atoms with Crippen molar-refractivity contribution in [3.63, 3.8) is 0 Å². The van der Waals surface area contributed by atoms with Crippen LogP contribution in [0.2, 0.25) is 0 Å². The zero-order chi connectivity index (χ0) is 19.0. The predicted molar refractivity (Wildman–Crippen MR) is 110 cm³/mol. The number of pyridine rings is 1. The van der Waals surface area contributed by atoms with Gasteiger partial charge in [-0.05, 0) is 24.6 Å². The van der Waals surface area contributed by atoms with E-state index in [1.807, 2.05) is 63.5 Å². The first-order valence-corrected chi connectivity index (χ1v) is 10.1. The lowest BCUT2D eigenvalue weighted by atomic mass is 10.00. The molecule has 0 amide bonds. The van der Waals surface area contributed by atoms with E-state index in [1.165, 1.54) is 11.8 Å². The number of hydrogen-bond donors (Lipinski definition) is 0. The summed E-state index contributed by atoms with van der Waals surface area (Å²) < 4.78 is 2.32. The monoisotopic (exact) mass is 377 g/mol. The maximum absolute atomic E-state index is 12.6. The Hall–Kier alpha value is -2.40. The molecule has 3 heterocycles. The van der Waals surface area contributed by atoms with Crippen LogP contribution in [0.5, 0.6) is 0 Å². The third-order valence-electron chi connectivity index (χ3n) is 4.74. The Morgan fingerprint density at radius 3 is 2.59 bits per heavy atom. The molecule has 0 aliphatic carbocycles. The molecular formula is C22H23N3OS. The molecule has 0 radical (unpaired) electrons. The highest BCUT2D eigenvalue weighted by molar-refractivity contribution is 8.13. The molecule has 0 saturated carbocycles. The molecule has 0 unspecified atom stereocenters. The lowest BCUT2D eigenvalue weighted by Gasteiger charge is -2.17. The molecular weight excluding hydrogens is 354 g/mol. The zero-order valence-corrected chi connectivity index (χ0v) is 16.7. The van der Waals surface area contributed by atoms with Crippen LogP contribution in [-0.2, 0) is 17.8 Å². The Bertz CT molecular complexity index is 987. The SMILES string of the molecule is CC(C)(C)C(=O)Sc1ccccc1-c1nc2n(c1-c1ccncc1)CCC2. The summed E-state index contributed by atoms with van der Waals surface area (Å²) in [7, 11) is 0. The summed E-state index contributed by atoms with van der Waals surface area (Å²) in [4.78, 5) is 22.7. The van der Waals surface area contributed by atoms with Crippen LogP contribution in [0.25, 0.3) is 22.5 Å². The molecule has 0 bridgehead atoms. The maximum Gasteiger partial charge on any atom is 0.199 e. The third kappa shape index (κ3) is 3.44. The van der Waals surface area contributed by atoms with Crippen LogP contribution >= 0.6 is 11.8 Å². The molecule has 0 fully saturated rings. The highest BCUT2D eigenvalue weighted by atomic mass is 32.2. The van der Waals surface area contributed by atoms with Crippen molar-refractivity contribution in [2.45, 2.75) is 45.1 Å². The minimum Gasteiger partial charge on any atom is -0.327 e. The van der Waals surface area contributed by atoms with E-state index >= 15 is 0 Å². The highest BCUT2D eigenvalue weighted by Gasteiger charge is 2.27. The molecule has 138 valence electrons. The van der Waals surface area contributed by atoms with Gasteiger partial charge in [0.05, 0.1) is 11.4 Å². The van der Waals surface area contributed by atoms with Gasteiger partial charge in [-0.25, -0.2) is 4.98 Å². The number of thioether (sulfide) groups is 1. The molecule has 0 saturated heterocycles. The molecule has 0 spiro atoms. The van der Waals surface area contributed by atoms with Gasteiger partial charge in [-0.2, -0.15) is 0 Å². The van der Waals surface area contributed by atoms with Crippen molar-refractivity contribution in [1.29, 1.82) is 0 Å². The van der Waals surface area contributed by atoms with Crippen molar-refractivity contribution in [3.05, 3.63) is 54.6 Å². The van der Waals surface area contributed by atoms with Gasteiger partial charge in [0.1, 0.15) is 5.82 Å². The van der Waals surface area contributed by atoms with Crippen LogP contribution in [0, 0.1) is 5.41 Å². The summed E-state index contributed by atoms with van der Waals surface area (Å²) in [5.74, 6) is 1.12. The topological polar surface area (TPSA) is 47.8 Å². The van der Waals surface area contributed by atoms with E-state index in [4.69, 9.17) is 4.98 Å². The maximum atomic E-state index is 12.6. The molecule has 1 aliphatic heterocycles. The van der Waals surface area contributed by atoms with Gasteiger partial charge in [0.2, 0.25) is 0 Å². The first-order chi connectivity index (χ1) is 12.9. The minimum atomic E-state index is -0.387. The Labute approximate surface area is 164 Å². The van der Waals surface area contributed by atoms with Gasteiger partial charge in [0.15, 0.2) is 5.12 Å². The first-order valence-electron chi connectivity index (χ1n) is 9.26. The lowest BCUT2D eigenvalue weighted by Crippen LogP contribution is -2.16. The van der Waals surface area contributed by atoms with Crippen LogP contribution in [0.15, 0.2) is 53.7 Å². The van der Waals surface area contributed by atoms with E-state index in [2.05, 4.69) is 15.6 Å². The number of rotatable bonds is 3. The zero-order valence-electron chi connectivity index (χ0n) is 15.9. The number of aromatic nitrogens is 3. The molecule has 5 heteroatoms. The molecule has 2 aromatic heterocycles. The van der Waals surface area contributed by atoms with Crippen LogP contribution in [0.3, 0.4) is 0 Å². The van der Waals surface area contributed by atoms with Crippen molar-refractivity contribution in [2.24, 2.45) is 5.41 Å². The van der Waals surface area contributed by atoms with E-state index in [1.54, 1.807) is 0 Å². The van der Waals surface area contributed by atoms with Gasteiger partial charge >= 0.3 is 0 Å². The summed E-state index contributed by atoms with van der Waals surface area (Å²) in [6.07, 6.45) is 5.75.